The number of hydrogen-bond acceptors (Lipinski definition) is 3. The topological polar surface area (TPSA) is 24.1 Å². The summed E-state index contributed by atoms with van der Waals surface area (Å²) in [7, 11) is 2.01. The monoisotopic (exact) mass is 230 g/mol. The standard InChI is InChI=1S/C10H15ClN2S/c1-12-10(7-3-2-6-13-7)8-4-5-9(11)14-8/h4-5,7,10,12-13H,2-3,6H2,1H3. The molecule has 0 radical (unpaired) electrons. The van der Waals surface area contributed by atoms with Gasteiger partial charge in [0.1, 0.15) is 0 Å². The number of likely N-dealkylation sites (N-methyl/N-ethyl adjacent to an activating group) is 1. The van der Waals surface area contributed by atoms with Crippen molar-refractivity contribution < 1.29 is 0 Å². The van der Waals surface area contributed by atoms with Crippen LogP contribution in [0.25, 0.3) is 0 Å². The molecule has 0 amide bonds. The molecular weight excluding hydrogens is 216 g/mol. The molecule has 0 bridgehead atoms. The highest BCUT2D eigenvalue weighted by atomic mass is 35.5. The van der Waals surface area contributed by atoms with Crippen molar-refractivity contribution in [2.45, 2.75) is 24.9 Å². The fourth-order valence-electron chi connectivity index (χ4n) is 2.03. The molecule has 2 rings (SSSR count). The first-order valence-corrected chi connectivity index (χ1v) is 6.16. The Morgan fingerprint density at radius 2 is 2.50 bits per heavy atom. The minimum Gasteiger partial charge on any atom is -0.312 e. The maximum absolute atomic E-state index is 5.94. The van der Waals surface area contributed by atoms with Crippen molar-refractivity contribution in [3.63, 3.8) is 0 Å². The number of rotatable bonds is 3. The van der Waals surface area contributed by atoms with Crippen LogP contribution in [0, 0.1) is 0 Å². The first kappa shape index (κ1) is 10.4. The number of hydrogen-bond donors (Lipinski definition) is 2. The van der Waals surface area contributed by atoms with Crippen molar-refractivity contribution in [3.05, 3.63) is 21.3 Å². The molecule has 2 nitrogen and oxygen atoms in total. The first-order chi connectivity index (χ1) is 6.81. The van der Waals surface area contributed by atoms with Crippen LogP contribution in [0.4, 0.5) is 0 Å². The van der Waals surface area contributed by atoms with Gasteiger partial charge in [-0.3, -0.25) is 0 Å². The van der Waals surface area contributed by atoms with Crippen LogP contribution in [0.5, 0.6) is 0 Å². The van der Waals surface area contributed by atoms with Crippen LogP contribution in [-0.4, -0.2) is 19.6 Å². The summed E-state index contributed by atoms with van der Waals surface area (Å²) in [5.74, 6) is 0. The second-order valence-corrected chi connectivity index (χ2v) is 5.36. The minimum atomic E-state index is 0.412. The molecule has 1 aromatic rings. The SMILES string of the molecule is CNC(c1ccc(Cl)s1)C1CCCN1. The summed E-state index contributed by atoms with van der Waals surface area (Å²) in [6.07, 6.45) is 2.53. The molecule has 1 aliphatic rings. The Bertz CT molecular complexity index is 294. The van der Waals surface area contributed by atoms with Crippen LogP contribution in [0.15, 0.2) is 12.1 Å². The van der Waals surface area contributed by atoms with E-state index in [1.807, 2.05) is 13.1 Å². The molecule has 1 fully saturated rings. The summed E-state index contributed by atoms with van der Waals surface area (Å²) in [5, 5.41) is 6.88. The molecule has 2 N–H and O–H groups in total. The summed E-state index contributed by atoms with van der Waals surface area (Å²) >= 11 is 7.61. The molecule has 0 aromatic carbocycles. The van der Waals surface area contributed by atoms with E-state index in [9.17, 15) is 0 Å². The molecule has 0 aliphatic carbocycles. The third kappa shape index (κ3) is 2.11. The average Bonchev–Trinajstić information content (AvgIpc) is 2.79. The van der Waals surface area contributed by atoms with Crippen LogP contribution in [0.1, 0.15) is 23.8 Å². The van der Waals surface area contributed by atoms with Gasteiger partial charge >= 0.3 is 0 Å². The summed E-state index contributed by atoms with van der Waals surface area (Å²) in [4.78, 5) is 1.33. The normalized spacial score (nSPS) is 24.0. The third-order valence-corrected chi connectivity index (χ3v) is 4.03. The van der Waals surface area contributed by atoms with Gasteiger partial charge < -0.3 is 10.6 Å². The summed E-state index contributed by atoms with van der Waals surface area (Å²) in [6.45, 7) is 1.14. The predicted molar refractivity (Wildman–Crippen MR) is 62.2 cm³/mol. The second kappa shape index (κ2) is 4.62. The van der Waals surface area contributed by atoms with Gasteiger partial charge in [0, 0.05) is 10.9 Å². The Morgan fingerprint density at radius 1 is 1.64 bits per heavy atom. The molecule has 2 atom stereocenters. The van der Waals surface area contributed by atoms with E-state index < -0.39 is 0 Å². The van der Waals surface area contributed by atoms with E-state index in [0.29, 0.717) is 12.1 Å². The molecule has 2 unspecified atom stereocenters. The van der Waals surface area contributed by atoms with E-state index in [-0.39, 0.29) is 0 Å². The van der Waals surface area contributed by atoms with Gasteiger partial charge in [0.2, 0.25) is 0 Å². The molecule has 1 aromatic heterocycles. The van der Waals surface area contributed by atoms with Gasteiger partial charge in [-0.2, -0.15) is 0 Å². The van der Waals surface area contributed by atoms with Gasteiger partial charge in [-0.05, 0) is 38.6 Å². The molecule has 0 saturated carbocycles. The lowest BCUT2D eigenvalue weighted by molar-refractivity contribution is 0.446. The van der Waals surface area contributed by atoms with Crippen molar-refractivity contribution in [2.75, 3.05) is 13.6 Å². The van der Waals surface area contributed by atoms with E-state index in [1.165, 1.54) is 17.7 Å². The molecule has 4 heteroatoms. The summed E-state index contributed by atoms with van der Waals surface area (Å²) < 4.78 is 0.873. The van der Waals surface area contributed by atoms with Gasteiger partial charge in [-0.25, -0.2) is 0 Å². The molecule has 2 heterocycles. The molecule has 14 heavy (non-hydrogen) atoms. The van der Waals surface area contributed by atoms with Crippen molar-refractivity contribution in [1.29, 1.82) is 0 Å². The van der Waals surface area contributed by atoms with Crippen molar-refractivity contribution in [1.82, 2.24) is 10.6 Å². The Morgan fingerprint density at radius 3 is 3.00 bits per heavy atom. The highest BCUT2D eigenvalue weighted by Crippen LogP contribution is 2.30. The van der Waals surface area contributed by atoms with Gasteiger partial charge in [0.15, 0.2) is 0 Å². The quantitative estimate of drug-likeness (QED) is 0.834. The maximum atomic E-state index is 5.94. The predicted octanol–water partition coefficient (Wildman–Crippen LogP) is 2.41. The lowest BCUT2D eigenvalue weighted by Gasteiger charge is -2.21. The zero-order valence-corrected chi connectivity index (χ0v) is 9.79. The highest BCUT2D eigenvalue weighted by molar-refractivity contribution is 7.16. The molecule has 0 spiro atoms. The Labute approximate surface area is 93.7 Å². The second-order valence-electron chi connectivity index (χ2n) is 3.61. The van der Waals surface area contributed by atoms with Crippen molar-refractivity contribution >= 4 is 22.9 Å². The zero-order chi connectivity index (χ0) is 9.97. The first-order valence-electron chi connectivity index (χ1n) is 4.97. The van der Waals surface area contributed by atoms with Gasteiger partial charge in [-0.15, -0.1) is 11.3 Å². The van der Waals surface area contributed by atoms with E-state index in [0.717, 1.165) is 10.9 Å². The third-order valence-electron chi connectivity index (χ3n) is 2.71. The van der Waals surface area contributed by atoms with Gasteiger partial charge in [0.05, 0.1) is 10.4 Å². The molecule has 1 aliphatic heterocycles. The van der Waals surface area contributed by atoms with E-state index in [2.05, 4.69) is 16.7 Å². The van der Waals surface area contributed by atoms with E-state index in [4.69, 9.17) is 11.6 Å². The summed E-state index contributed by atoms with van der Waals surface area (Å²) in [5.41, 5.74) is 0. The molecular formula is C10H15ClN2S. The van der Waals surface area contributed by atoms with Crippen molar-refractivity contribution in [3.8, 4) is 0 Å². The Hall–Kier alpha value is -0.0900. The Balaban J connectivity index is 2.12. The van der Waals surface area contributed by atoms with Crippen LogP contribution < -0.4 is 10.6 Å². The smallest absolute Gasteiger partial charge is 0.0931 e. The Kier molecular flexibility index (Phi) is 3.44. The van der Waals surface area contributed by atoms with Crippen LogP contribution in [0.3, 0.4) is 0 Å². The van der Waals surface area contributed by atoms with Gasteiger partial charge in [0.25, 0.3) is 0 Å². The number of nitrogens with one attached hydrogen (secondary N) is 2. The van der Waals surface area contributed by atoms with Gasteiger partial charge in [-0.1, -0.05) is 11.6 Å². The number of halogens is 1. The zero-order valence-electron chi connectivity index (χ0n) is 8.22. The lowest BCUT2D eigenvalue weighted by Crippen LogP contribution is -2.35. The van der Waals surface area contributed by atoms with Crippen molar-refractivity contribution in [2.24, 2.45) is 0 Å². The van der Waals surface area contributed by atoms with E-state index in [1.54, 1.807) is 11.3 Å². The highest BCUT2D eigenvalue weighted by Gasteiger charge is 2.25. The molecule has 1 saturated heterocycles. The molecule has 78 valence electrons. The van der Waals surface area contributed by atoms with Crippen LogP contribution >= 0.6 is 22.9 Å². The van der Waals surface area contributed by atoms with Crippen LogP contribution in [0.2, 0.25) is 4.34 Å². The lowest BCUT2D eigenvalue weighted by atomic mass is 10.1. The maximum Gasteiger partial charge on any atom is 0.0931 e. The average molecular weight is 231 g/mol. The van der Waals surface area contributed by atoms with E-state index >= 15 is 0 Å². The summed E-state index contributed by atoms with van der Waals surface area (Å²) in [6, 6.07) is 5.07. The fraction of sp³-hybridized carbons (Fsp3) is 0.600. The number of thiophene rings is 1. The largest absolute Gasteiger partial charge is 0.312 e. The fourth-order valence-corrected chi connectivity index (χ4v) is 3.27. The van der Waals surface area contributed by atoms with Crippen LogP contribution in [-0.2, 0) is 0 Å². The minimum absolute atomic E-state index is 0.412.